The molecule has 6 heteroatoms. The Balaban J connectivity index is 0. The minimum Gasteiger partial charge on any atom is -0.328 e. The molecule has 0 unspecified atom stereocenters. The molecule has 4 N–H and O–H groups in total. The predicted octanol–water partition coefficient (Wildman–Crippen LogP) is 5.85. The first kappa shape index (κ1) is 28.3. The summed E-state index contributed by atoms with van der Waals surface area (Å²) < 4.78 is 31.6. The third-order valence-corrected chi connectivity index (χ3v) is 3.66. The zero-order valence-corrected chi connectivity index (χ0v) is 18.3. The summed E-state index contributed by atoms with van der Waals surface area (Å²) in [6, 6.07) is 11.2. The maximum absolute atomic E-state index is 8.74. The first-order valence-electron chi connectivity index (χ1n) is 10.2. The topological polar surface area (TPSA) is 101 Å². The van der Waals surface area contributed by atoms with Crippen molar-refractivity contribution in [2.75, 3.05) is 0 Å². The number of aryl methyl sites for hydroxylation is 1. The van der Waals surface area contributed by atoms with Crippen LogP contribution in [0.2, 0.25) is 0 Å². The van der Waals surface area contributed by atoms with Crippen LogP contribution in [0.4, 0.5) is 0 Å². The standard InChI is InChI=1S/C18H30.C3H9N.H2O4S/c1-2-3-4-5-6-7-8-9-10-12-15-18-16-13-11-14-17-18;1-3(2)4;1-5(2,3)4/h11,13-14,16-17H,2-10,12,15H2,1H3;3H,4H2,1-2H3;(H2,1,2,3,4). The lowest BCUT2D eigenvalue weighted by Gasteiger charge is -2.03. The number of hydrogen-bond acceptors (Lipinski definition) is 3. The summed E-state index contributed by atoms with van der Waals surface area (Å²) in [4.78, 5) is 0. The van der Waals surface area contributed by atoms with E-state index in [0.717, 1.165) is 0 Å². The highest BCUT2D eigenvalue weighted by molar-refractivity contribution is 7.79. The molecular formula is C21H41NO4S. The van der Waals surface area contributed by atoms with Gasteiger partial charge in [-0.15, -0.1) is 0 Å². The first-order chi connectivity index (χ1) is 12.7. The molecule has 5 nitrogen and oxygen atoms in total. The van der Waals surface area contributed by atoms with Crippen LogP contribution in [0.15, 0.2) is 30.3 Å². The molecule has 0 atom stereocenters. The second-order valence-electron chi connectivity index (χ2n) is 7.11. The van der Waals surface area contributed by atoms with Crippen molar-refractivity contribution in [3.63, 3.8) is 0 Å². The SMILES string of the molecule is CC(C)N.CCCCCCCCCCCCc1ccccc1.O=S(=O)(O)O. The summed E-state index contributed by atoms with van der Waals surface area (Å²) in [6.45, 7) is 6.17. The molecule has 0 aromatic heterocycles. The molecule has 0 aliphatic heterocycles. The highest BCUT2D eigenvalue weighted by Gasteiger charge is 1.94. The van der Waals surface area contributed by atoms with E-state index in [1.807, 2.05) is 13.8 Å². The van der Waals surface area contributed by atoms with Crippen molar-refractivity contribution < 1.29 is 17.5 Å². The average molecular weight is 404 g/mol. The quantitative estimate of drug-likeness (QED) is 0.318. The Kier molecular flexibility index (Phi) is 20.7. The van der Waals surface area contributed by atoms with E-state index < -0.39 is 10.4 Å². The summed E-state index contributed by atoms with van der Waals surface area (Å²) in [5, 5.41) is 0. The van der Waals surface area contributed by atoms with Gasteiger partial charge in [0.2, 0.25) is 0 Å². The van der Waals surface area contributed by atoms with Crippen molar-refractivity contribution in [2.45, 2.75) is 97.4 Å². The zero-order chi connectivity index (χ0) is 21.0. The van der Waals surface area contributed by atoms with Crippen molar-refractivity contribution in [1.29, 1.82) is 0 Å². The smallest absolute Gasteiger partial charge is 0.328 e. The van der Waals surface area contributed by atoms with E-state index in [-0.39, 0.29) is 0 Å². The van der Waals surface area contributed by atoms with Gasteiger partial charge in [-0.05, 0) is 24.4 Å². The number of hydrogen-bond donors (Lipinski definition) is 3. The maximum atomic E-state index is 8.74. The summed E-state index contributed by atoms with van der Waals surface area (Å²) in [5.41, 5.74) is 6.61. The highest BCUT2D eigenvalue weighted by Crippen LogP contribution is 2.12. The van der Waals surface area contributed by atoms with Crippen LogP contribution in [0.5, 0.6) is 0 Å². The Morgan fingerprint density at radius 1 is 0.815 bits per heavy atom. The molecule has 0 saturated heterocycles. The Bertz CT molecular complexity index is 493. The number of nitrogens with two attached hydrogens (primary N) is 1. The van der Waals surface area contributed by atoms with E-state index in [4.69, 9.17) is 23.3 Å². The van der Waals surface area contributed by atoms with E-state index in [1.54, 1.807) is 0 Å². The van der Waals surface area contributed by atoms with E-state index >= 15 is 0 Å². The summed E-state index contributed by atoms with van der Waals surface area (Å²) in [6.07, 6.45) is 15.5. The molecule has 0 saturated carbocycles. The first-order valence-corrected chi connectivity index (χ1v) is 11.6. The minimum atomic E-state index is -4.67. The second kappa shape index (κ2) is 19.8. The van der Waals surface area contributed by atoms with Gasteiger partial charge in [0, 0.05) is 0 Å². The van der Waals surface area contributed by atoms with Crippen LogP contribution in [0.3, 0.4) is 0 Å². The van der Waals surface area contributed by atoms with Gasteiger partial charge in [-0.25, -0.2) is 0 Å². The van der Waals surface area contributed by atoms with Gasteiger partial charge >= 0.3 is 10.4 Å². The molecule has 0 fully saturated rings. The Morgan fingerprint density at radius 3 is 1.52 bits per heavy atom. The Morgan fingerprint density at radius 2 is 1.15 bits per heavy atom. The number of rotatable bonds is 11. The van der Waals surface area contributed by atoms with Crippen LogP contribution in [-0.2, 0) is 16.8 Å². The zero-order valence-electron chi connectivity index (χ0n) is 17.4. The molecule has 0 amide bonds. The van der Waals surface area contributed by atoms with Crippen LogP contribution in [-0.4, -0.2) is 23.6 Å². The van der Waals surface area contributed by atoms with Gasteiger partial charge in [-0.2, -0.15) is 8.42 Å². The third kappa shape index (κ3) is 36.7. The molecule has 1 rings (SSSR count). The number of benzene rings is 1. The van der Waals surface area contributed by atoms with Crippen LogP contribution in [0.1, 0.15) is 90.5 Å². The minimum absolute atomic E-state index is 0.333. The summed E-state index contributed by atoms with van der Waals surface area (Å²) >= 11 is 0. The molecule has 0 aliphatic carbocycles. The molecular weight excluding hydrogens is 362 g/mol. The fourth-order valence-electron chi connectivity index (χ4n) is 2.46. The van der Waals surface area contributed by atoms with Gasteiger partial charge in [0.05, 0.1) is 0 Å². The van der Waals surface area contributed by atoms with Crippen molar-refractivity contribution in [2.24, 2.45) is 5.73 Å². The molecule has 0 aliphatic rings. The fraction of sp³-hybridized carbons (Fsp3) is 0.714. The lowest BCUT2D eigenvalue weighted by molar-refractivity contribution is 0.381. The molecule has 0 heterocycles. The maximum Gasteiger partial charge on any atom is 0.394 e. The molecule has 0 radical (unpaired) electrons. The summed E-state index contributed by atoms with van der Waals surface area (Å²) in [5.74, 6) is 0. The third-order valence-electron chi connectivity index (χ3n) is 3.66. The van der Waals surface area contributed by atoms with Crippen molar-refractivity contribution >= 4 is 10.4 Å². The van der Waals surface area contributed by atoms with Crippen LogP contribution >= 0.6 is 0 Å². The molecule has 0 spiro atoms. The molecule has 27 heavy (non-hydrogen) atoms. The van der Waals surface area contributed by atoms with Gasteiger partial charge in [-0.3, -0.25) is 9.11 Å². The average Bonchev–Trinajstić information content (AvgIpc) is 2.55. The van der Waals surface area contributed by atoms with Gasteiger partial charge in [0.15, 0.2) is 0 Å². The van der Waals surface area contributed by atoms with Crippen molar-refractivity contribution in [3.8, 4) is 0 Å². The van der Waals surface area contributed by atoms with Gasteiger partial charge in [0.1, 0.15) is 0 Å². The van der Waals surface area contributed by atoms with E-state index in [0.29, 0.717) is 6.04 Å². The van der Waals surface area contributed by atoms with Crippen molar-refractivity contribution in [1.82, 2.24) is 0 Å². The van der Waals surface area contributed by atoms with E-state index in [2.05, 4.69) is 37.3 Å². The monoisotopic (exact) mass is 403 g/mol. The molecule has 1 aromatic carbocycles. The molecule has 1 aromatic rings. The van der Waals surface area contributed by atoms with Gasteiger partial charge in [-0.1, -0.05) is 109 Å². The fourth-order valence-corrected chi connectivity index (χ4v) is 2.46. The van der Waals surface area contributed by atoms with Crippen LogP contribution in [0, 0.1) is 0 Å². The summed E-state index contributed by atoms with van der Waals surface area (Å²) in [7, 11) is -4.67. The van der Waals surface area contributed by atoms with Crippen LogP contribution < -0.4 is 5.73 Å². The largest absolute Gasteiger partial charge is 0.394 e. The van der Waals surface area contributed by atoms with Crippen molar-refractivity contribution in [3.05, 3.63) is 35.9 Å². The second-order valence-corrected chi connectivity index (χ2v) is 8.01. The van der Waals surface area contributed by atoms with Gasteiger partial charge < -0.3 is 5.73 Å². The lowest BCUT2D eigenvalue weighted by atomic mass is 10.0. The Labute approximate surface area is 167 Å². The number of unbranched alkanes of at least 4 members (excludes halogenated alkanes) is 9. The van der Waals surface area contributed by atoms with E-state index in [9.17, 15) is 0 Å². The van der Waals surface area contributed by atoms with E-state index in [1.165, 1.54) is 76.2 Å². The van der Waals surface area contributed by atoms with Gasteiger partial charge in [0.25, 0.3) is 0 Å². The molecule has 160 valence electrons. The van der Waals surface area contributed by atoms with Crippen LogP contribution in [0.25, 0.3) is 0 Å². The lowest BCUT2D eigenvalue weighted by Crippen LogP contribution is -2.06. The highest BCUT2D eigenvalue weighted by atomic mass is 32.3. The predicted molar refractivity (Wildman–Crippen MR) is 115 cm³/mol. The Hall–Kier alpha value is -0.950. The normalized spacial score (nSPS) is 10.6. The molecule has 0 bridgehead atoms.